The van der Waals surface area contributed by atoms with Gasteiger partial charge < -0.3 is 15.2 Å². The topological polar surface area (TPSA) is 61.8 Å². The maximum absolute atomic E-state index is 13.6. The first-order valence-electron chi connectivity index (χ1n) is 10.3. The highest BCUT2D eigenvalue weighted by atomic mass is 35.5. The number of alkyl carbamates (subject to hydrolysis) is 1. The van der Waals surface area contributed by atoms with Crippen LogP contribution < -0.4 is 5.32 Å². The first kappa shape index (κ1) is 21.1. The van der Waals surface area contributed by atoms with Gasteiger partial charge in [0.15, 0.2) is 0 Å². The fraction of sp³-hybridized carbons (Fsp3) is 0.435. The van der Waals surface area contributed by atoms with Crippen molar-refractivity contribution in [1.29, 1.82) is 0 Å². The number of fused-ring (bicyclic) bond motifs is 1. The molecule has 2 aromatic rings. The quantitative estimate of drug-likeness (QED) is 0.731. The summed E-state index contributed by atoms with van der Waals surface area (Å²) in [6.45, 7) is 1.22. The van der Waals surface area contributed by atoms with Gasteiger partial charge in [-0.25, -0.2) is 9.18 Å². The number of amides is 1. The number of aliphatic hydroxyl groups is 1. The van der Waals surface area contributed by atoms with Gasteiger partial charge in [-0.05, 0) is 35.2 Å². The lowest BCUT2D eigenvalue weighted by Gasteiger charge is -2.29. The van der Waals surface area contributed by atoms with Crippen molar-refractivity contribution in [3.05, 3.63) is 70.2 Å². The van der Waals surface area contributed by atoms with Crippen LogP contribution in [0, 0.1) is 0 Å². The molecular weight excluding hydrogens is 407 g/mol. The van der Waals surface area contributed by atoms with Crippen molar-refractivity contribution in [2.24, 2.45) is 0 Å². The van der Waals surface area contributed by atoms with Crippen molar-refractivity contribution in [3.63, 3.8) is 0 Å². The zero-order valence-electron chi connectivity index (χ0n) is 16.6. The summed E-state index contributed by atoms with van der Waals surface area (Å²) in [7, 11) is 0. The standard InChI is InChI=1S/C23H26ClFN2O3/c24-18-7-3-6-17(10-18)22(28)21(14-27-9-8-19(25)13-27)26-23(29)30-20-11-15-4-1-2-5-16(15)12-20/h1-7,10,19-22,28H,8-9,11-14H2,(H,26,29)/t19-,21-,22-/m1/s1. The van der Waals surface area contributed by atoms with E-state index in [0.29, 0.717) is 49.5 Å². The second kappa shape index (κ2) is 9.33. The Balaban J connectivity index is 1.42. The average Bonchev–Trinajstić information content (AvgIpc) is 3.31. The molecule has 2 aliphatic rings. The van der Waals surface area contributed by atoms with E-state index >= 15 is 0 Å². The Hall–Kier alpha value is -2.15. The minimum atomic E-state index is -0.990. The molecule has 0 saturated carbocycles. The van der Waals surface area contributed by atoms with Crippen LogP contribution in [0.2, 0.25) is 5.02 Å². The van der Waals surface area contributed by atoms with Crippen LogP contribution >= 0.6 is 11.6 Å². The van der Waals surface area contributed by atoms with Crippen molar-refractivity contribution < 1.29 is 19.0 Å². The molecule has 160 valence electrons. The summed E-state index contributed by atoms with van der Waals surface area (Å²) in [5.41, 5.74) is 2.98. The number of halogens is 2. The minimum absolute atomic E-state index is 0.228. The van der Waals surface area contributed by atoms with Crippen molar-refractivity contribution in [2.75, 3.05) is 19.6 Å². The van der Waals surface area contributed by atoms with Crippen molar-refractivity contribution >= 4 is 17.7 Å². The molecular formula is C23H26ClFN2O3. The van der Waals surface area contributed by atoms with E-state index in [4.69, 9.17) is 16.3 Å². The second-order valence-electron chi connectivity index (χ2n) is 8.10. The summed E-state index contributed by atoms with van der Waals surface area (Å²) in [6.07, 6.45) is -0.844. The van der Waals surface area contributed by atoms with E-state index in [1.807, 2.05) is 29.2 Å². The molecule has 1 amide bonds. The summed E-state index contributed by atoms with van der Waals surface area (Å²) in [5.74, 6) is 0. The summed E-state index contributed by atoms with van der Waals surface area (Å²) in [4.78, 5) is 14.5. The highest BCUT2D eigenvalue weighted by Gasteiger charge is 2.31. The van der Waals surface area contributed by atoms with Crippen LogP contribution in [-0.4, -0.2) is 54.1 Å². The lowest BCUT2D eigenvalue weighted by Crippen LogP contribution is -2.47. The lowest BCUT2D eigenvalue weighted by atomic mass is 10.0. The Bertz CT molecular complexity index is 871. The van der Waals surface area contributed by atoms with Crippen LogP contribution in [0.25, 0.3) is 0 Å². The molecule has 3 atom stereocenters. The highest BCUT2D eigenvalue weighted by Crippen LogP contribution is 2.25. The Morgan fingerprint density at radius 1 is 1.23 bits per heavy atom. The van der Waals surface area contributed by atoms with Crippen LogP contribution in [0.1, 0.15) is 29.2 Å². The molecule has 1 aliphatic heterocycles. The normalized spacial score (nSPS) is 21.2. The van der Waals surface area contributed by atoms with Crippen LogP contribution in [-0.2, 0) is 17.6 Å². The molecule has 0 bridgehead atoms. The Kier molecular flexibility index (Phi) is 6.56. The average molecular weight is 433 g/mol. The van der Waals surface area contributed by atoms with Gasteiger partial charge in [0.05, 0.1) is 6.04 Å². The minimum Gasteiger partial charge on any atom is -0.446 e. The molecule has 1 heterocycles. The molecule has 1 aliphatic carbocycles. The number of aliphatic hydroxyl groups excluding tert-OH is 1. The number of nitrogens with one attached hydrogen (secondary N) is 1. The number of hydrogen-bond donors (Lipinski definition) is 2. The van der Waals surface area contributed by atoms with Crippen molar-refractivity contribution in [1.82, 2.24) is 10.2 Å². The van der Waals surface area contributed by atoms with Crippen LogP contribution in [0.5, 0.6) is 0 Å². The smallest absolute Gasteiger partial charge is 0.407 e. The molecule has 0 spiro atoms. The van der Waals surface area contributed by atoms with E-state index in [0.717, 1.165) is 0 Å². The highest BCUT2D eigenvalue weighted by molar-refractivity contribution is 6.30. The molecule has 0 aromatic heterocycles. The maximum atomic E-state index is 13.6. The molecule has 2 N–H and O–H groups in total. The third-order valence-corrected chi connectivity index (χ3v) is 6.07. The molecule has 1 fully saturated rings. The number of likely N-dealkylation sites (tertiary alicyclic amines) is 1. The van der Waals surface area contributed by atoms with Gasteiger partial charge in [-0.2, -0.15) is 0 Å². The first-order chi connectivity index (χ1) is 14.5. The van der Waals surface area contributed by atoms with Crippen molar-refractivity contribution in [2.45, 2.75) is 43.7 Å². The number of benzene rings is 2. The summed E-state index contributed by atoms with van der Waals surface area (Å²) in [6, 6.07) is 14.3. The third kappa shape index (κ3) is 5.12. The third-order valence-electron chi connectivity index (χ3n) is 5.83. The number of rotatable bonds is 6. The van der Waals surface area contributed by atoms with Gasteiger partial charge in [-0.3, -0.25) is 4.90 Å². The lowest BCUT2D eigenvalue weighted by molar-refractivity contribution is 0.0722. The first-order valence-corrected chi connectivity index (χ1v) is 10.7. The monoisotopic (exact) mass is 432 g/mol. The molecule has 0 unspecified atom stereocenters. The molecule has 2 aromatic carbocycles. The van der Waals surface area contributed by atoms with E-state index in [9.17, 15) is 14.3 Å². The molecule has 5 nitrogen and oxygen atoms in total. The van der Waals surface area contributed by atoms with E-state index in [1.165, 1.54) is 11.1 Å². The molecule has 7 heteroatoms. The number of carbonyl (C=O) groups is 1. The maximum Gasteiger partial charge on any atom is 0.407 e. The number of ether oxygens (including phenoxy) is 1. The largest absolute Gasteiger partial charge is 0.446 e. The van der Waals surface area contributed by atoms with Crippen LogP contribution in [0.15, 0.2) is 48.5 Å². The van der Waals surface area contributed by atoms with E-state index in [1.54, 1.807) is 24.3 Å². The fourth-order valence-corrected chi connectivity index (χ4v) is 4.51. The zero-order valence-corrected chi connectivity index (χ0v) is 17.4. The Morgan fingerprint density at radius 2 is 1.97 bits per heavy atom. The predicted octanol–water partition coefficient (Wildman–Crippen LogP) is 3.68. The van der Waals surface area contributed by atoms with Gasteiger partial charge in [0.2, 0.25) is 0 Å². The number of carbonyl (C=O) groups excluding carboxylic acids is 1. The van der Waals surface area contributed by atoms with Crippen LogP contribution in [0.4, 0.5) is 9.18 Å². The predicted molar refractivity (Wildman–Crippen MR) is 113 cm³/mol. The van der Waals surface area contributed by atoms with Gasteiger partial charge in [0.1, 0.15) is 18.4 Å². The van der Waals surface area contributed by atoms with E-state index in [2.05, 4.69) is 5.32 Å². The SMILES string of the molecule is O=C(N[C@H](CN1CC[C@@H](F)C1)[C@H](O)c1cccc(Cl)c1)OC1Cc2ccccc2C1. The van der Waals surface area contributed by atoms with Crippen molar-refractivity contribution in [3.8, 4) is 0 Å². The van der Waals surface area contributed by atoms with E-state index in [-0.39, 0.29) is 6.10 Å². The Morgan fingerprint density at radius 3 is 2.60 bits per heavy atom. The number of nitrogens with zero attached hydrogens (tertiary/aromatic N) is 1. The number of alkyl halides is 1. The second-order valence-corrected chi connectivity index (χ2v) is 8.54. The van der Waals surface area contributed by atoms with Crippen LogP contribution in [0.3, 0.4) is 0 Å². The molecule has 0 radical (unpaired) electrons. The zero-order chi connectivity index (χ0) is 21.1. The summed E-state index contributed by atoms with van der Waals surface area (Å²) in [5, 5.41) is 14.2. The molecule has 1 saturated heterocycles. The van der Waals surface area contributed by atoms with Gasteiger partial charge in [-0.15, -0.1) is 0 Å². The van der Waals surface area contributed by atoms with Gasteiger partial charge in [0.25, 0.3) is 0 Å². The molecule has 30 heavy (non-hydrogen) atoms. The van der Waals surface area contributed by atoms with Gasteiger partial charge in [-0.1, -0.05) is 48.0 Å². The van der Waals surface area contributed by atoms with E-state index < -0.39 is 24.4 Å². The Labute approximate surface area is 180 Å². The summed E-state index contributed by atoms with van der Waals surface area (Å²) < 4.78 is 19.3. The van der Waals surface area contributed by atoms with Gasteiger partial charge in [0, 0.05) is 37.5 Å². The molecule has 4 rings (SSSR count). The summed E-state index contributed by atoms with van der Waals surface area (Å²) >= 11 is 6.06. The number of hydrogen-bond acceptors (Lipinski definition) is 4. The van der Waals surface area contributed by atoms with Gasteiger partial charge >= 0.3 is 6.09 Å². The fourth-order valence-electron chi connectivity index (χ4n) is 4.32.